The Balaban J connectivity index is 1.54. The first-order valence-corrected chi connectivity index (χ1v) is 12.2. The van der Waals surface area contributed by atoms with Gasteiger partial charge in [-0.3, -0.25) is 4.79 Å². The van der Waals surface area contributed by atoms with Crippen LogP contribution < -0.4 is 29.1 Å². The monoisotopic (exact) mass is 513 g/mol. The molecule has 0 saturated heterocycles. The lowest BCUT2D eigenvalue weighted by atomic mass is 10.2. The van der Waals surface area contributed by atoms with Crippen molar-refractivity contribution in [2.24, 2.45) is 5.10 Å². The molecule has 1 amide bonds. The van der Waals surface area contributed by atoms with Crippen LogP contribution in [0.4, 0.5) is 0 Å². The number of methoxy groups -OCH3 is 3. The highest BCUT2D eigenvalue weighted by Gasteiger charge is 2.18. The van der Waals surface area contributed by atoms with E-state index in [0.29, 0.717) is 29.4 Å². The van der Waals surface area contributed by atoms with Crippen LogP contribution in [0.2, 0.25) is 0 Å². The van der Waals surface area contributed by atoms with Gasteiger partial charge < -0.3 is 18.9 Å². The third-order valence-electron chi connectivity index (χ3n) is 4.92. The zero-order valence-electron chi connectivity index (χ0n) is 20.1. The van der Waals surface area contributed by atoms with Crippen molar-refractivity contribution >= 4 is 22.1 Å². The maximum atomic E-state index is 12.5. The van der Waals surface area contributed by atoms with Gasteiger partial charge in [0.05, 0.1) is 39.0 Å². The van der Waals surface area contributed by atoms with Crippen LogP contribution in [0.15, 0.2) is 76.7 Å². The molecule has 0 aliphatic carbocycles. The first-order chi connectivity index (χ1) is 17.4. The Morgan fingerprint density at radius 2 is 1.53 bits per heavy atom. The first kappa shape index (κ1) is 26.5. The summed E-state index contributed by atoms with van der Waals surface area (Å²) in [5.41, 5.74) is 3.95. The van der Waals surface area contributed by atoms with Crippen LogP contribution in [-0.4, -0.2) is 48.4 Å². The summed E-state index contributed by atoms with van der Waals surface area (Å²) in [6.07, 6.45) is 1.41. The van der Waals surface area contributed by atoms with Crippen LogP contribution in [0.5, 0.6) is 23.0 Å². The number of carbonyl (C=O) groups excluding carboxylic acids is 1. The number of nitrogens with one attached hydrogen (secondary N) is 2. The molecular formula is C25H27N3O7S. The van der Waals surface area contributed by atoms with Crippen molar-refractivity contribution in [1.29, 1.82) is 0 Å². The number of benzene rings is 3. The molecular weight excluding hydrogens is 486 g/mol. The summed E-state index contributed by atoms with van der Waals surface area (Å²) in [7, 11) is 0.408. The van der Waals surface area contributed by atoms with Gasteiger partial charge in [-0.1, -0.05) is 30.3 Å². The second-order valence-electron chi connectivity index (χ2n) is 7.32. The highest BCUT2D eigenvalue weighted by atomic mass is 32.2. The molecule has 2 N–H and O–H groups in total. The number of hydrazone groups is 1. The second-order valence-corrected chi connectivity index (χ2v) is 9.09. The van der Waals surface area contributed by atoms with Gasteiger partial charge in [-0.25, -0.2) is 18.6 Å². The van der Waals surface area contributed by atoms with E-state index in [9.17, 15) is 13.2 Å². The Kier molecular flexibility index (Phi) is 9.25. The van der Waals surface area contributed by atoms with Crippen molar-refractivity contribution in [1.82, 2.24) is 10.1 Å². The lowest BCUT2D eigenvalue weighted by Gasteiger charge is -2.11. The van der Waals surface area contributed by atoms with Crippen LogP contribution in [0.25, 0.3) is 0 Å². The average Bonchev–Trinajstić information content (AvgIpc) is 2.91. The largest absolute Gasteiger partial charge is 0.493 e. The number of hydrogen-bond acceptors (Lipinski definition) is 8. The Morgan fingerprint density at radius 3 is 2.22 bits per heavy atom. The molecule has 0 unspecified atom stereocenters. The van der Waals surface area contributed by atoms with Crippen LogP contribution in [0.1, 0.15) is 11.1 Å². The Hall–Kier alpha value is -4.09. The average molecular weight is 514 g/mol. The standard InChI is InChI=1S/C25H27N3O7S/c1-32-21-12-10-20(14-24(21)34-3)36(30,31)27-16-25(29)28-26-15-19-9-11-22(23(13-19)33-2)35-17-18-7-5-4-6-8-18/h4-15,27H,16-17H2,1-3H3,(H,28,29)/b26-15-. The number of amides is 1. The summed E-state index contributed by atoms with van der Waals surface area (Å²) >= 11 is 0. The molecule has 0 aliphatic heterocycles. The van der Waals surface area contributed by atoms with Gasteiger partial charge in [0.15, 0.2) is 23.0 Å². The van der Waals surface area contributed by atoms with Crippen LogP contribution >= 0.6 is 0 Å². The maximum Gasteiger partial charge on any atom is 0.255 e. The molecule has 0 fully saturated rings. The zero-order chi connectivity index (χ0) is 26.0. The van der Waals surface area contributed by atoms with Crippen molar-refractivity contribution in [3.63, 3.8) is 0 Å². The van der Waals surface area contributed by atoms with E-state index in [4.69, 9.17) is 18.9 Å². The summed E-state index contributed by atoms with van der Waals surface area (Å²) in [6, 6.07) is 19.0. The molecule has 0 aromatic heterocycles. The fraction of sp³-hybridized carbons (Fsp3) is 0.200. The number of rotatable bonds is 12. The first-order valence-electron chi connectivity index (χ1n) is 10.7. The van der Waals surface area contributed by atoms with E-state index in [-0.39, 0.29) is 10.6 Å². The minimum atomic E-state index is -3.96. The molecule has 0 bridgehead atoms. The maximum absolute atomic E-state index is 12.5. The predicted octanol–water partition coefficient (Wildman–Crippen LogP) is 2.72. The highest BCUT2D eigenvalue weighted by molar-refractivity contribution is 7.89. The topological polar surface area (TPSA) is 125 Å². The summed E-state index contributed by atoms with van der Waals surface area (Å²) in [6.45, 7) is -0.122. The molecule has 0 atom stereocenters. The van der Waals surface area contributed by atoms with Gasteiger partial charge in [-0.2, -0.15) is 5.10 Å². The minimum Gasteiger partial charge on any atom is -0.493 e. The van der Waals surface area contributed by atoms with Crippen LogP contribution in [-0.2, 0) is 21.4 Å². The van der Waals surface area contributed by atoms with Crippen molar-refractivity contribution in [2.45, 2.75) is 11.5 Å². The van der Waals surface area contributed by atoms with Gasteiger partial charge in [-0.15, -0.1) is 0 Å². The van der Waals surface area contributed by atoms with E-state index < -0.39 is 22.5 Å². The van der Waals surface area contributed by atoms with Gasteiger partial charge >= 0.3 is 0 Å². The summed E-state index contributed by atoms with van der Waals surface area (Å²) < 4.78 is 48.6. The number of ether oxygens (including phenoxy) is 4. The quantitative estimate of drug-likeness (QED) is 0.282. The third kappa shape index (κ3) is 7.20. The van der Waals surface area contributed by atoms with Gasteiger partial charge in [0, 0.05) is 6.07 Å². The minimum absolute atomic E-state index is 0.0712. The van der Waals surface area contributed by atoms with Crippen molar-refractivity contribution < 1.29 is 32.2 Å². The van der Waals surface area contributed by atoms with E-state index in [1.54, 1.807) is 18.2 Å². The van der Waals surface area contributed by atoms with E-state index in [1.165, 1.54) is 45.7 Å². The number of sulfonamides is 1. The fourth-order valence-corrected chi connectivity index (χ4v) is 4.06. The molecule has 0 aliphatic rings. The smallest absolute Gasteiger partial charge is 0.255 e. The highest BCUT2D eigenvalue weighted by Crippen LogP contribution is 2.29. The van der Waals surface area contributed by atoms with E-state index >= 15 is 0 Å². The second kappa shape index (κ2) is 12.6. The van der Waals surface area contributed by atoms with E-state index in [2.05, 4.69) is 15.2 Å². The van der Waals surface area contributed by atoms with Gasteiger partial charge in [0.2, 0.25) is 10.0 Å². The molecule has 3 aromatic carbocycles. The predicted molar refractivity (Wildman–Crippen MR) is 134 cm³/mol. The molecule has 0 heterocycles. The van der Waals surface area contributed by atoms with Crippen molar-refractivity contribution in [2.75, 3.05) is 27.9 Å². The fourth-order valence-electron chi connectivity index (χ4n) is 3.06. The molecule has 190 valence electrons. The molecule has 0 saturated carbocycles. The Bertz CT molecular complexity index is 1310. The third-order valence-corrected chi connectivity index (χ3v) is 6.31. The number of hydrogen-bond donors (Lipinski definition) is 2. The molecule has 0 spiro atoms. The number of nitrogens with zero attached hydrogens (tertiary/aromatic N) is 1. The summed E-state index contributed by atoms with van der Waals surface area (Å²) in [5, 5.41) is 3.87. The summed E-state index contributed by atoms with van der Waals surface area (Å²) in [4.78, 5) is 12.0. The number of carbonyl (C=O) groups is 1. The van der Waals surface area contributed by atoms with Gasteiger partial charge in [-0.05, 0) is 41.5 Å². The van der Waals surface area contributed by atoms with Crippen LogP contribution in [0, 0.1) is 0 Å². The van der Waals surface area contributed by atoms with E-state index in [0.717, 1.165) is 5.56 Å². The summed E-state index contributed by atoms with van der Waals surface area (Å²) in [5.74, 6) is 1.05. The molecule has 0 radical (unpaired) electrons. The Labute approximate surface area is 209 Å². The molecule has 11 heteroatoms. The van der Waals surface area contributed by atoms with Crippen molar-refractivity contribution in [3.05, 3.63) is 77.9 Å². The van der Waals surface area contributed by atoms with E-state index in [1.807, 2.05) is 30.3 Å². The van der Waals surface area contributed by atoms with Crippen LogP contribution in [0.3, 0.4) is 0 Å². The molecule has 3 rings (SSSR count). The van der Waals surface area contributed by atoms with Crippen molar-refractivity contribution in [3.8, 4) is 23.0 Å². The SMILES string of the molecule is COc1ccc(S(=O)(=O)NCC(=O)N/N=C\c2ccc(OCc3ccccc3)c(OC)c2)cc1OC. The Morgan fingerprint density at radius 1 is 0.861 bits per heavy atom. The zero-order valence-corrected chi connectivity index (χ0v) is 20.9. The molecule has 36 heavy (non-hydrogen) atoms. The molecule has 3 aromatic rings. The molecule has 10 nitrogen and oxygen atoms in total. The lowest BCUT2D eigenvalue weighted by Crippen LogP contribution is -2.34. The normalized spacial score (nSPS) is 11.2. The lowest BCUT2D eigenvalue weighted by molar-refractivity contribution is -0.119. The van der Waals surface area contributed by atoms with Gasteiger partial charge in [0.25, 0.3) is 5.91 Å². The van der Waals surface area contributed by atoms with Gasteiger partial charge in [0.1, 0.15) is 6.61 Å².